The fourth-order valence-corrected chi connectivity index (χ4v) is 2.24. The summed E-state index contributed by atoms with van der Waals surface area (Å²) in [6, 6.07) is 6.26. The lowest BCUT2D eigenvalue weighted by atomic mass is 10.2. The van der Waals surface area contributed by atoms with E-state index in [1.807, 2.05) is 17.9 Å². The third kappa shape index (κ3) is 3.01. The Kier molecular flexibility index (Phi) is 4.09. The van der Waals surface area contributed by atoms with Crippen LogP contribution in [0.2, 0.25) is 0 Å². The topological polar surface area (TPSA) is 29.9 Å². The van der Waals surface area contributed by atoms with E-state index in [0.29, 0.717) is 0 Å². The van der Waals surface area contributed by atoms with Gasteiger partial charge in [0.1, 0.15) is 0 Å². The molecule has 17 heavy (non-hydrogen) atoms. The largest absolute Gasteiger partial charge is 0.381 e. The zero-order chi connectivity index (χ0) is 12.4. The Morgan fingerprint density at radius 2 is 2.24 bits per heavy atom. The summed E-state index contributed by atoms with van der Waals surface area (Å²) in [5.41, 5.74) is 3.53. The SMILES string of the molecule is Cc1c(CNc2ccc(I)c(Br)c2)cnn1C. The van der Waals surface area contributed by atoms with Gasteiger partial charge in [0.2, 0.25) is 0 Å². The average Bonchev–Trinajstić information content (AvgIpc) is 2.62. The molecule has 0 atom stereocenters. The van der Waals surface area contributed by atoms with Crippen LogP contribution < -0.4 is 5.32 Å². The second kappa shape index (κ2) is 5.39. The molecule has 3 nitrogen and oxygen atoms in total. The van der Waals surface area contributed by atoms with Gasteiger partial charge in [0.25, 0.3) is 0 Å². The summed E-state index contributed by atoms with van der Waals surface area (Å²) in [6.07, 6.45) is 1.91. The molecule has 1 heterocycles. The summed E-state index contributed by atoms with van der Waals surface area (Å²) in [5, 5.41) is 7.62. The maximum Gasteiger partial charge on any atom is 0.0542 e. The molecule has 0 aliphatic heterocycles. The predicted octanol–water partition coefficient (Wildman–Crippen LogP) is 3.71. The molecule has 1 aromatic heterocycles. The molecule has 90 valence electrons. The summed E-state index contributed by atoms with van der Waals surface area (Å²) in [5.74, 6) is 0. The Bertz CT molecular complexity index is 537. The van der Waals surface area contributed by atoms with Gasteiger partial charge < -0.3 is 5.32 Å². The van der Waals surface area contributed by atoms with Crippen molar-refractivity contribution in [3.8, 4) is 0 Å². The first-order chi connectivity index (χ1) is 8.08. The lowest BCUT2D eigenvalue weighted by Crippen LogP contribution is -2.01. The number of hydrogen-bond donors (Lipinski definition) is 1. The molecule has 5 heteroatoms. The summed E-state index contributed by atoms with van der Waals surface area (Å²) in [7, 11) is 1.96. The number of nitrogens with zero attached hydrogens (tertiary/aromatic N) is 2. The number of aromatic nitrogens is 2. The van der Waals surface area contributed by atoms with E-state index in [1.165, 1.54) is 14.8 Å². The van der Waals surface area contributed by atoms with Crippen LogP contribution in [-0.4, -0.2) is 9.78 Å². The van der Waals surface area contributed by atoms with E-state index in [-0.39, 0.29) is 0 Å². The Morgan fingerprint density at radius 1 is 1.47 bits per heavy atom. The van der Waals surface area contributed by atoms with Gasteiger partial charge in [-0.25, -0.2) is 0 Å². The van der Waals surface area contributed by atoms with Crippen LogP contribution in [0.15, 0.2) is 28.9 Å². The highest BCUT2D eigenvalue weighted by atomic mass is 127. The number of nitrogens with one attached hydrogen (secondary N) is 1. The van der Waals surface area contributed by atoms with Gasteiger partial charge in [0.05, 0.1) is 6.20 Å². The van der Waals surface area contributed by atoms with E-state index >= 15 is 0 Å². The summed E-state index contributed by atoms with van der Waals surface area (Å²) < 4.78 is 4.22. The number of aryl methyl sites for hydroxylation is 1. The van der Waals surface area contributed by atoms with Gasteiger partial charge in [0, 0.05) is 38.6 Å². The molecule has 0 aliphatic rings. The highest BCUT2D eigenvalue weighted by molar-refractivity contribution is 14.1. The lowest BCUT2D eigenvalue weighted by molar-refractivity contribution is 0.738. The standard InChI is InChI=1S/C12H13BrIN3/c1-8-9(7-16-17(8)2)6-15-10-3-4-12(14)11(13)5-10/h3-5,7,15H,6H2,1-2H3. The molecule has 1 aromatic carbocycles. The second-order valence-corrected chi connectivity index (χ2v) is 5.88. The van der Waals surface area contributed by atoms with Gasteiger partial charge in [-0.05, 0) is 63.6 Å². The molecule has 2 aromatic rings. The summed E-state index contributed by atoms with van der Waals surface area (Å²) >= 11 is 5.83. The van der Waals surface area contributed by atoms with Crippen molar-refractivity contribution in [1.82, 2.24) is 9.78 Å². The number of anilines is 1. The van der Waals surface area contributed by atoms with E-state index in [4.69, 9.17) is 0 Å². The molecule has 0 amide bonds. The van der Waals surface area contributed by atoms with Crippen LogP contribution in [-0.2, 0) is 13.6 Å². The Morgan fingerprint density at radius 3 is 2.82 bits per heavy atom. The molecule has 0 fully saturated rings. The van der Waals surface area contributed by atoms with E-state index in [1.54, 1.807) is 0 Å². The van der Waals surface area contributed by atoms with Crippen molar-refractivity contribution in [1.29, 1.82) is 0 Å². The van der Waals surface area contributed by atoms with Crippen LogP contribution in [0.5, 0.6) is 0 Å². The van der Waals surface area contributed by atoms with Gasteiger partial charge in [-0.1, -0.05) is 0 Å². The number of rotatable bonds is 3. The minimum absolute atomic E-state index is 0.798. The molecule has 0 aliphatic carbocycles. The number of benzene rings is 1. The van der Waals surface area contributed by atoms with Gasteiger partial charge in [0.15, 0.2) is 0 Å². The maximum absolute atomic E-state index is 4.23. The van der Waals surface area contributed by atoms with Crippen molar-refractivity contribution in [2.24, 2.45) is 7.05 Å². The molecular weight excluding hydrogens is 393 g/mol. The van der Waals surface area contributed by atoms with Crippen molar-refractivity contribution < 1.29 is 0 Å². The van der Waals surface area contributed by atoms with Crippen LogP contribution in [0.1, 0.15) is 11.3 Å². The Labute approximate surface area is 123 Å². The molecule has 0 unspecified atom stereocenters. The monoisotopic (exact) mass is 405 g/mol. The van der Waals surface area contributed by atoms with Crippen molar-refractivity contribution in [2.75, 3.05) is 5.32 Å². The smallest absolute Gasteiger partial charge is 0.0542 e. The first kappa shape index (κ1) is 12.9. The van der Waals surface area contributed by atoms with E-state index in [2.05, 4.69) is 74.1 Å². The minimum atomic E-state index is 0.798. The fraction of sp³-hybridized carbons (Fsp3) is 0.250. The predicted molar refractivity (Wildman–Crippen MR) is 82.1 cm³/mol. The van der Waals surface area contributed by atoms with E-state index < -0.39 is 0 Å². The average molecular weight is 406 g/mol. The Hall–Kier alpha value is -0.560. The maximum atomic E-state index is 4.23. The lowest BCUT2D eigenvalue weighted by Gasteiger charge is -2.07. The zero-order valence-corrected chi connectivity index (χ0v) is 13.4. The highest BCUT2D eigenvalue weighted by Gasteiger charge is 2.03. The van der Waals surface area contributed by atoms with Crippen molar-refractivity contribution in [2.45, 2.75) is 13.5 Å². The van der Waals surface area contributed by atoms with Crippen LogP contribution in [0.4, 0.5) is 5.69 Å². The van der Waals surface area contributed by atoms with Gasteiger partial charge in [-0.3, -0.25) is 4.68 Å². The van der Waals surface area contributed by atoms with Gasteiger partial charge >= 0.3 is 0 Å². The van der Waals surface area contributed by atoms with Crippen molar-refractivity contribution in [3.05, 3.63) is 43.7 Å². The summed E-state index contributed by atoms with van der Waals surface area (Å²) in [4.78, 5) is 0. The Balaban J connectivity index is 2.07. The van der Waals surface area contributed by atoms with E-state index in [0.717, 1.165) is 16.7 Å². The number of hydrogen-bond acceptors (Lipinski definition) is 2. The third-order valence-electron chi connectivity index (χ3n) is 2.74. The van der Waals surface area contributed by atoms with Crippen LogP contribution in [0.3, 0.4) is 0 Å². The van der Waals surface area contributed by atoms with Crippen molar-refractivity contribution >= 4 is 44.2 Å². The third-order valence-corrected chi connectivity index (χ3v) is 5.08. The van der Waals surface area contributed by atoms with Crippen LogP contribution in [0, 0.1) is 10.5 Å². The van der Waals surface area contributed by atoms with Gasteiger partial charge in [-0.2, -0.15) is 5.10 Å². The van der Waals surface area contributed by atoms with Crippen LogP contribution in [0.25, 0.3) is 0 Å². The number of halogens is 2. The molecular formula is C12H13BrIN3. The van der Waals surface area contributed by atoms with Crippen molar-refractivity contribution in [3.63, 3.8) is 0 Å². The molecule has 0 radical (unpaired) electrons. The quantitative estimate of drug-likeness (QED) is 0.789. The molecule has 1 N–H and O–H groups in total. The van der Waals surface area contributed by atoms with Crippen LogP contribution >= 0.6 is 38.5 Å². The fourth-order valence-electron chi connectivity index (χ4n) is 1.52. The second-order valence-electron chi connectivity index (χ2n) is 3.86. The van der Waals surface area contributed by atoms with E-state index in [9.17, 15) is 0 Å². The molecule has 2 rings (SSSR count). The zero-order valence-electron chi connectivity index (χ0n) is 9.67. The van der Waals surface area contributed by atoms with Gasteiger partial charge in [-0.15, -0.1) is 0 Å². The molecule has 0 saturated carbocycles. The highest BCUT2D eigenvalue weighted by Crippen LogP contribution is 2.23. The first-order valence-corrected chi connectivity index (χ1v) is 7.11. The normalized spacial score (nSPS) is 10.6. The first-order valence-electron chi connectivity index (χ1n) is 5.24. The molecule has 0 spiro atoms. The molecule has 0 bridgehead atoms. The summed E-state index contributed by atoms with van der Waals surface area (Å²) in [6.45, 7) is 2.88. The molecule has 0 saturated heterocycles. The minimum Gasteiger partial charge on any atom is -0.381 e.